The zero-order valence-corrected chi connectivity index (χ0v) is 18.5. The molecule has 4 rings (SSSR count). The lowest BCUT2D eigenvalue weighted by atomic mass is 10.1. The molecule has 2 aliphatic rings. The number of piperazine rings is 2. The van der Waals surface area contributed by atoms with Gasteiger partial charge in [0.05, 0.1) is 6.42 Å². The Labute approximate surface area is 183 Å². The summed E-state index contributed by atoms with van der Waals surface area (Å²) in [4.78, 5) is 30.9. The molecule has 0 radical (unpaired) electrons. The third-order valence-electron chi connectivity index (χ3n) is 5.89. The lowest BCUT2D eigenvalue weighted by molar-refractivity contribution is -0.130. The highest BCUT2D eigenvalue weighted by molar-refractivity contribution is 6.31. The first-order chi connectivity index (χ1) is 14.5. The molecule has 1 aromatic heterocycles. The fourth-order valence-electron chi connectivity index (χ4n) is 4.00. The molecule has 2 aliphatic heterocycles. The number of halogens is 1. The average molecular weight is 429 g/mol. The molecular formula is C22H29ClN6O. The summed E-state index contributed by atoms with van der Waals surface area (Å²) in [7, 11) is 2.15. The van der Waals surface area contributed by atoms with Gasteiger partial charge in [0.25, 0.3) is 0 Å². The third kappa shape index (κ3) is 4.84. The molecule has 7 nitrogen and oxygen atoms in total. The van der Waals surface area contributed by atoms with Gasteiger partial charge in [-0.15, -0.1) is 0 Å². The molecule has 0 aliphatic carbocycles. The molecule has 0 spiro atoms. The molecule has 0 bridgehead atoms. The van der Waals surface area contributed by atoms with Crippen LogP contribution in [0, 0.1) is 6.92 Å². The standard InChI is InChI=1S/C22H29ClN6O/c1-17-24-20(27-9-7-26(2)8-10-27)16-21(25-17)28-11-13-29(14-12-28)22(30)15-18-5-3-4-6-19(18)23/h3-6,16H,7-15H2,1-2H3. The van der Waals surface area contributed by atoms with Crippen LogP contribution in [0.2, 0.25) is 5.02 Å². The highest BCUT2D eigenvalue weighted by Gasteiger charge is 2.24. The van der Waals surface area contributed by atoms with Crippen LogP contribution in [0.1, 0.15) is 11.4 Å². The number of likely N-dealkylation sites (N-methyl/N-ethyl adjacent to an activating group) is 1. The monoisotopic (exact) mass is 428 g/mol. The molecular weight excluding hydrogens is 400 g/mol. The molecule has 2 saturated heterocycles. The van der Waals surface area contributed by atoms with Gasteiger partial charge in [-0.1, -0.05) is 29.8 Å². The van der Waals surface area contributed by atoms with Crippen molar-refractivity contribution in [3.8, 4) is 0 Å². The van der Waals surface area contributed by atoms with Crippen LogP contribution in [-0.2, 0) is 11.2 Å². The smallest absolute Gasteiger partial charge is 0.227 e. The Hall–Kier alpha value is -2.38. The van der Waals surface area contributed by atoms with Crippen molar-refractivity contribution in [1.82, 2.24) is 19.8 Å². The first kappa shape index (κ1) is 20.9. The van der Waals surface area contributed by atoms with Crippen LogP contribution in [0.3, 0.4) is 0 Å². The highest BCUT2D eigenvalue weighted by Crippen LogP contribution is 2.22. The molecule has 160 valence electrons. The van der Waals surface area contributed by atoms with E-state index in [1.54, 1.807) is 0 Å². The maximum Gasteiger partial charge on any atom is 0.227 e. The Morgan fingerprint density at radius 3 is 2.10 bits per heavy atom. The summed E-state index contributed by atoms with van der Waals surface area (Å²) >= 11 is 6.21. The molecule has 30 heavy (non-hydrogen) atoms. The van der Waals surface area contributed by atoms with Crippen LogP contribution in [-0.4, -0.2) is 85.1 Å². The number of hydrogen-bond acceptors (Lipinski definition) is 6. The van der Waals surface area contributed by atoms with E-state index in [-0.39, 0.29) is 5.91 Å². The average Bonchev–Trinajstić information content (AvgIpc) is 2.75. The second kappa shape index (κ2) is 9.18. The number of hydrogen-bond donors (Lipinski definition) is 0. The predicted molar refractivity (Wildman–Crippen MR) is 120 cm³/mol. The number of carbonyl (C=O) groups excluding carboxylic acids is 1. The minimum atomic E-state index is 0.125. The van der Waals surface area contributed by atoms with Gasteiger partial charge in [-0.3, -0.25) is 4.79 Å². The number of aromatic nitrogens is 2. The minimum absolute atomic E-state index is 0.125. The van der Waals surface area contributed by atoms with Crippen molar-refractivity contribution in [2.24, 2.45) is 0 Å². The lowest BCUT2D eigenvalue weighted by Crippen LogP contribution is -2.49. The zero-order chi connectivity index (χ0) is 21.1. The number of nitrogens with zero attached hydrogens (tertiary/aromatic N) is 6. The normalized spacial score (nSPS) is 18.0. The molecule has 0 unspecified atom stereocenters. The van der Waals surface area contributed by atoms with Gasteiger partial charge >= 0.3 is 0 Å². The van der Waals surface area contributed by atoms with E-state index in [2.05, 4.69) is 37.8 Å². The second-order valence-corrected chi connectivity index (χ2v) is 8.47. The van der Waals surface area contributed by atoms with Crippen molar-refractivity contribution in [3.05, 3.63) is 46.7 Å². The van der Waals surface area contributed by atoms with Gasteiger partial charge in [-0.05, 0) is 25.6 Å². The van der Waals surface area contributed by atoms with E-state index in [4.69, 9.17) is 11.6 Å². The van der Waals surface area contributed by atoms with Gasteiger partial charge in [0.2, 0.25) is 5.91 Å². The maximum absolute atomic E-state index is 12.7. The van der Waals surface area contributed by atoms with Crippen molar-refractivity contribution in [1.29, 1.82) is 0 Å². The molecule has 8 heteroatoms. The van der Waals surface area contributed by atoms with E-state index in [1.165, 1.54) is 0 Å². The number of rotatable bonds is 4. The van der Waals surface area contributed by atoms with E-state index < -0.39 is 0 Å². The van der Waals surface area contributed by atoms with E-state index >= 15 is 0 Å². The molecule has 1 amide bonds. The maximum atomic E-state index is 12.7. The van der Waals surface area contributed by atoms with Gasteiger partial charge in [0.1, 0.15) is 17.5 Å². The van der Waals surface area contributed by atoms with Crippen LogP contribution in [0.25, 0.3) is 0 Å². The molecule has 1 aromatic carbocycles. The SMILES string of the molecule is Cc1nc(N2CCN(C)CC2)cc(N2CCN(C(=O)Cc3ccccc3Cl)CC2)n1. The molecule has 0 N–H and O–H groups in total. The molecule has 0 saturated carbocycles. The quantitative estimate of drug-likeness (QED) is 0.743. The largest absolute Gasteiger partial charge is 0.354 e. The van der Waals surface area contributed by atoms with Gasteiger partial charge < -0.3 is 19.6 Å². The molecule has 2 aromatic rings. The van der Waals surface area contributed by atoms with Crippen molar-refractivity contribution in [2.45, 2.75) is 13.3 Å². The third-order valence-corrected chi connectivity index (χ3v) is 6.26. The first-order valence-corrected chi connectivity index (χ1v) is 10.9. The number of anilines is 2. The summed E-state index contributed by atoms with van der Waals surface area (Å²) in [5.41, 5.74) is 0.884. The van der Waals surface area contributed by atoms with Gasteiger partial charge in [0, 0.05) is 63.4 Å². The Bertz CT molecular complexity index is 891. The van der Waals surface area contributed by atoms with E-state index in [0.717, 1.165) is 62.3 Å². The lowest BCUT2D eigenvalue weighted by Gasteiger charge is -2.37. The van der Waals surface area contributed by atoms with E-state index in [0.29, 0.717) is 24.5 Å². The predicted octanol–water partition coefficient (Wildman–Crippen LogP) is 2.08. The number of amides is 1. The second-order valence-electron chi connectivity index (χ2n) is 8.06. The van der Waals surface area contributed by atoms with E-state index in [1.807, 2.05) is 36.1 Å². The Balaban J connectivity index is 1.38. The minimum Gasteiger partial charge on any atom is -0.354 e. The fraction of sp³-hybridized carbons (Fsp3) is 0.500. The van der Waals surface area contributed by atoms with Gasteiger partial charge in [-0.2, -0.15) is 0 Å². The fourth-order valence-corrected chi connectivity index (χ4v) is 4.20. The topological polar surface area (TPSA) is 55.8 Å². The summed E-state index contributed by atoms with van der Waals surface area (Å²) in [6.45, 7) is 8.93. The van der Waals surface area contributed by atoms with Crippen molar-refractivity contribution >= 4 is 29.1 Å². The van der Waals surface area contributed by atoms with Crippen LogP contribution in [0.15, 0.2) is 30.3 Å². The number of aryl methyl sites for hydroxylation is 1. The van der Waals surface area contributed by atoms with Crippen molar-refractivity contribution in [2.75, 3.05) is 69.2 Å². The van der Waals surface area contributed by atoms with Crippen LogP contribution >= 0.6 is 11.6 Å². The van der Waals surface area contributed by atoms with Crippen LogP contribution in [0.4, 0.5) is 11.6 Å². The zero-order valence-electron chi connectivity index (χ0n) is 17.7. The molecule has 3 heterocycles. The van der Waals surface area contributed by atoms with Crippen LogP contribution < -0.4 is 9.80 Å². The summed E-state index contributed by atoms with van der Waals surface area (Å²) in [5, 5.41) is 0.650. The Kier molecular flexibility index (Phi) is 6.39. The summed E-state index contributed by atoms with van der Waals surface area (Å²) in [5.74, 6) is 2.87. The van der Waals surface area contributed by atoms with Gasteiger partial charge in [0.15, 0.2) is 0 Å². The summed E-state index contributed by atoms with van der Waals surface area (Å²) < 4.78 is 0. The van der Waals surface area contributed by atoms with Crippen molar-refractivity contribution in [3.63, 3.8) is 0 Å². The number of benzene rings is 1. The number of carbonyl (C=O) groups is 1. The Morgan fingerprint density at radius 1 is 0.933 bits per heavy atom. The van der Waals surface area contributed by atoms with E-state index in [9.17, 15) is 4.79 Å². The first-order valence-electron chi connectivity index (χ1n) is 10.5. The van der Waals surface area contributed by atoms with Crippen molar-refractivity contribution < 1.29 is 4.79 Å². The van der Waals surface area contributed by atoms with Crippen LogP contribution in [0.5, 0.6) is 0 Å². The van der Waals surface area contributed by atoms with Gasteiger partial charge in [-0.25, -0.2) is 9.97 Å². The molecule has 0 atom stereocenters. The highest BCUT2D eigenvalue weighted by atomic mass is 35.5. The summed E-state index contributed by atoms with van der Waals surface area (Å²) in [6, 6.07) is 9.65. The molecule has 2 fully saturated rings. The summed E-state index contributed by atoms with van der Waals surface area (Å²) in [6.07, 6.45) is 0.347. The Morgan fingerprint density at radius 2 is 1.50 bits per heavy atom.